The summed E-state index contributed by atoms with van der Waals surface area (Å²) in [6.45, 7) is 7.73. The SMILES string of the molecule is CC(C)(C)C(OCCOCCOCCOCCN1C(=O)c2ccccc2C1=O)C(=O)O. The average molecular weight is 437 g/mol. The van der Waals surface area contributed by atoms with Gasteiger partial charge in [-0.2, -0.15) is 0 Å². The molecule has 1 atom stereocenters. The number of carbonyl (C=O) groups is 3. The quantitative estimate of drug-likeness (QED) is 0.347. The highest BCUT2D eigenvalue weighted by atomic mass is 16.6. The van der Waals surface area contributed by atoms with Crippen molar-refractivity contribution in [2.75, 3.05) is 52.8 Å². The number of benzene rings is 1. The predicted molar refractivity (Wildman–Crippen MR) is 111 cm³/mol. The topological polar surface area (TPSA) is 112 Å². The molecule has 1 aromatic rings. The number of carboxylic acid groups (broad SMARTS) is 1. The molecule has 9 nitrogen and oxygen atoms in total. The number of hydrogen-bond acceptors (Lipinski definition) is 7. The number of ether oxygens (including phenoxy) is 4. The zero-order valence-corrected chi connectivity index (χ0v) is 18.3. The number of rotatable bonds is 14. The molecule has 172 valence electrons. The zero-order chi connectivity index (χ0) is 22.9. The predicted octanol–water partition coefficient (Wildman–Crippen LogP) is 1.85. The van der Waals surface area contributed by atoms with E-state index in [1.54, 1.807) is 24.3 Å². The lowest BCUT2D eigenvalue weighted by Gasteiger charge is -2.26. The van der Waals surface area contributed by atoms with Gasteiger partial charge in [0.15, 0.2) is 6.10 Å². The first-order valence-corrected chi connectivity index (χ1v) is 10.3. The van der Waals surface area contributed by atoms with E-state index < -0.39 is 17.5 Å². The summed E-state index contributed by atoms with van der Waals surface area (Å²) in [6.07, 6.45) is -0.884. The highest BCUT2D eigenvalue weighted by Crippen LogP contribution is 2.23. The van der Waals surface area contributed by atoms with Gasteiger partial charge in [-0.15, -0.1) is 0 Å². The number of aliphatic carboxylic acids is 1. The fourth-order valence-corrected chi connectivity index (χ4v) is 3.06. The molecule has 0 fully saturated rings. The molecule has 1 aromatic carbocycles. The maximum atomic E-state index is 12.2. The van der Waals surface area contributed by atoms with E-state index >= 15 is 0 Å². The minimum atomic E-state index is -0.987. The molecular formula is C22H31NO8. The van der Waals surface area contributed by atoms with E-state index in [0.29, 0.717) is 37.6 Å². The van der Waals surface area contributed by atoms with Gasteiger partial charge < -0.3 is 24.1 Å². The van der Waals surface area contributed by atoms with Crippen LogP contribution in [0.2, 0.25) is 0 Å². The van der Waals surface area contributed by atoms with Crippen molar-refractivity contribution >= 4 is 17.8 Å². The molecule has 0 radical (unpaired) electrons. The van der Waals surface area contributed by atoms with Crippen molar-refractivity contribution in [1.82, 2.24) is 4.90 Å². The summed E-state index contributed by atoms with van der Waals surface area (Å²) in [5.41, 5.74) is 0.366. The van der Waals surface area contributed by atoms with Crippen molar-refractivity contribution in [3.8, 4) is 0 Å². The number of hydrogen-bond donors (Lipinski definition) is 1. The Morgan fingerprint density at radius 3 is 1.77 bits per heavy atom. The summed E-state index contributed by atoms with van der Waals surface area (Å²) < 4.78 is 21.6. The molecular weight excluding hydrogens is 406 g/mol. The molecule has 31 heavy (non-hydrogen) atoms. The molecule has 0 spiro atoms. The van der Waals surface area contributed by atoms with Crippen LogP contribution in [0.4, 0.5) is 0 Å². The van der Waals surface area contributed by atoms with Crippen LogP contribution >= 0.6 is 0 Å². The van der Waals surface area contributed by atoms with Gasteiger partial charge in [-0.25, -0.2) is 4.79 Å². The fraction of sp³-hybridized carbons (Fsp3) is 0.591. The third-order valence-electron chi connectivity index (χ3n) is 4.60. The Balaban J connectivity index is 1.46. The van der Waals surface area contributed by atoms with Crippen LogP contribution in [0.5, 0.6) is 0 Å². The monoisotopic (exact) mass is 437 g/mol. The van der Waals surface area contributed by atoms with Gasteiger partial charge in [0.1, 0.15) is 0 Å². The molecule has 1 heterocycles. The van der Waals surface area contributed by atoms with E-state index in [2.05, 4.69) is 0 Å². The van der Waals surface area contributed by atoms with Gasteiger partial charge in [-0.05, 0) is 17.5 Å². The number of amides is 2. The third-order valence-corrected chi connectivity index (χ3v) is 4.60. The summed E-state index contributed by atoms with van der Waals surface area (Å²) in [4.78, 5) is 36.8. The van der Waals surface area contributed by atoms with E-state index in [9.17, 15) is 14.4 Å². The van der Waals surface area contributed by atoms with E-state index in [1.165, 1.54) is 4.90 Å². The molecule has 1 N–H and O–H groups in total. The molecule has 1 aliphatic rings. The van der Waals surface area contributed by atoms with Gasteiger partial charge in [0.2, 0.25) is 0 Å². The second-order valence-electron chi connectivity index (χ2n) is 8.10. The van der Waals surface area contributed by atoms with Gasteiger partial charge >= 0.3 is 5.97 Å². The van der Waals surface area contributed by atoms with E-state index in [0.717, 1.165) is 0 Å². The van der Waals surface area contributed by atoms with Crippen LogP contribution in [0.3, 0.4) is 0 Å². The molecule has 0 saturated heterocycles. The Labute approximate surface area is 182 Å². The van der Waals surface area contributed by atoms with E-state index in [-0.39, 0.29) is 38.2 Å². The Bertz CT molecular complexity index is 723. The lowest BCUT2D eigenvalue weighted by Crippen LogP contribution is -2.37. The molecule has 2 amide bonds. The summed E-state index contributed by atoms with van der Waals surface area (Å²) in [7, 11) is 0. The molecule has 0 aromatic heterocycles. The molecule has 1 aliphatic heterocycles. The Morgan fingerprint density at radius 2 is 1.32 bits per heavy atom. The zero-order valence-electron chi connectivity index (χ0n) is 18.3. The van der Waals surface area contributed by atoms with Crippen molar-refractivity contribution in [3.05, 3.63) is 35.4 Å². The number of carbonyl (C=O) groups excluding carboxylic acids is 2. The minimum Gasteiger partial charge on any atom is -0.479 e. The lowest BCUT2D eigenvalue weighted by molar-refractivity contribution is -0.159. The van der Waals surface area contributed by atoms with Crippen LogP contribution in [-0.4, -0.2) is 86.7 Å². The maximum absolute atomic E-state index is 12.2. The summed E-state index contributed by atoms with van der Waals surface area (Å²) in [5.74, 6) is -1.57. The van der Waals surface area contributed by atoms with E-state index in [4.69, 9.17) is 24.1 Å². The van der Waals surface area contributed by atoms with Gasteiger partial charge in [0, 0.05) is 0 Å². The number of fused-ring (bicyclic) bond motifs is 1. The highest BCUT2D eigenvalue weighted by Gasteiger charge is 2.34. The smallest absolute Gasteiger partial charge is 0.333 e. The standard InChI is InChI=1S/C22H31NO8/c1-22(2,3)18(21(26)27)31-15-14-30-13-12-29-11-10-28-9-8-23-19(24)16-6-4-5-7-17(16)20(23)25/h4-7,18H,8-15H2,1-3H3,(H,26,27). The molecule has 9 heteroatoms. The normalized spacial score (nSPS) is 14.7. The Morgan fingerprint density at radius 1 is 0.871 bits per heavy atom. The summed E-state index contributed by atoms with van der Waals surface area (Å²) >= 11 is 0. The van der Waals surface area contributed by atoms with Gasteiger partial charge in [-0.3, -0.25) is 14.5 Å². The van der Waals surface area contributed by atoms with Crippen LogP contribution in [0.25, 0.3) is 0 Å². The average Bonchev–Trinajstić information content (AvgIpc) is 2.95. The van der Waals surface area contributed by atoms with Crippen molar-refractivity contribution in [1.29, 1.82) is 0 Å². The Hall–Kier alpha value is -2.33. The van der Waals surface area contributed by atoms with Gasteiger partial charge in [0.05, 0.1) is 63.9 Å². The molecule has 2 rings (SSSR count). The second kappa shape index (κ2) is 11.9. The first-order valence-electron chi connectivity index (χ1n) is 10.3. The largest absolute Gasteiger partial charge is 0.479 e. The Kier molecular flexibility index (Phi) is 9.57. The second-order valence-corrected chi connectivity index (χ2v) is 8.10. The first kappa shape index (κ1) is 24.9. The van der Waals surface area contributed by atoms with Crippen molar-refractivity contribution in [3.63, 3.8) is 0 Å². The number of nitrogens with zero attached hydrogens (tertiary/aromatic N) is 1. The van der Waals surface area contributed by atoms with Crippen LogP contribution in [0.15, 0.2) is 24.3 Å². The fourth-order valence-electron chi connectivity index (χ4n) is 3.06. The molecule has 1 unspecified atom stereocenters. The van der Waals surface area contributed by atoms with Crippen molar-refractivity contribution in [2.24, 2.45) is 5.41 Å². The molecule has 0 aliphatic carbocycles. The van der Waals surface area contributed by atoms with Crippen molar-refractivity contribution in [2.45, 2.75) is 26.9 Å². The maximum Gasteiger partial charge on any atom is 0.333 e. The number of carboxylic acids is 1. The highest BCUT2D eigenvalue weighted by molar-refractivity contribution is 6.21. The van der Waals surface area contributed by atoms with E-state index in [1.807, 2.05) is 20.8 Å². The summed E-state index contributed by atoms with van der Waals surface area (Å²) in [5, 5.41) is 9.17. The lowest BCUT2D eigenvalue weighted by atomic mass is 9.89. The number of imide groups is 1. The van der Waals surface area contributed by atoms with Crippen molar-refractivity contribution < 1.29 is 38.4 Å². The first-order chi connectivity index (χ1) is 14.7. The third kappa shape index (κ3) is 7.39. The van der Waals surface area contributed by atoms with Crippen LogP contribution < -0.4 is 0 Å². The van der Waals surface area contributed by atoms with Crippen LogP contribution in [0.1, 0.15) is 41.5 Å². The van der Waals surface area contributed by atoms with Crippen LogP contribution in [0, 0.1) is 5.41 Å². The van der Waals surface area contributed by atoms with Gasteiger partial charge in [-0.1, -0.05) is 32.9 Å². The minimum absolute atomic E-state index is 0.190. The van der Waals surface area contributed by atoms with Crippen LogP contribution in [-0.2, 0) is 23.7 Å². The molecule has 0 bridgehead atoms. The summed E-state index contributed by atoms with van der Waals surface area (Å²) in [6, 6.07) is 6.76. The van der Waals surface area contributed by atoms with Gasteiger partial charge in [0.25, 0.3) is 11.8 Å². The molecule has 0 saturated carbocycles.